The Morgan fingerprint density at radius 3 is 1.94 bits per heavy atom. The van der Waals surface area contributed by atoms with Crippen molar-refractivity contribution in [2.45, 2.75) is 11.6 Å². The first-order valence-corrected chi connectivity index (χ1v) is 12.3. The second-order valence-electron chi connectivity index (χ2n) is 7.44. The first-order chi connectivity index (χ1) is 16.2. The largest absolute Gasteiger partial charge is 0.480 e. The summed E-state index contributed by atoms with van der Waals surface area (Å²) in [6.07, 6.45) is 0. The molecule has 2 aliphatic rings. The Labute approximate surface area is 200 Å². The van der Waals surface area contributed by atoms with Gasteiger partial charge in [-0.1, -0.05) is 51.9 Å². The zero-order chi connectivity index (χ0) is 24.6. The summed E-state index contributed by atoms with van der Waals surface area (Å²) in [5.74, 6) is -7.70. The predicted octanol–water partition coefficient (Wildman–Crippen LogP) is 1.57. The van der Waals surface area contributed by atoms with E-state index in [4.69, 9.17) is 0 Å². The quantitative estimate of drug-likeness (QED) is 0.314. The van der Waals surface area contributed by atoms with Gasteiger partial charge in [0.1, 0.15) is 6.04 Å². The molecule has 0 saturated heterocycles. The van der Waals surface area contributed by atoms with Crippen molar-refractivity contribution in [1.29, 1.82) is 0 Å². The first kappa shape index (κ1) is 23.5. The number of rotatable bonds is 2. The van der Waals surface area contributed by atoms with Crippen LogP contribution in [-0.2, 0) is 9.59 Å². The molecule has 0 aromatic heterocycles. The molecule has 0 spiro atoms. The fourth-order valence-corrected chi connectivity index (χ4v) is 6.33. The molecule has 0 aliphatic carbocycles. The molecule has 12 heteroatoms. The molecular weight excluding hydrogens is 484 g/mol. The van der Waals surface area contributed by atoms with Gasteiger partial charge in [-0.3, -0.25) is 19.2 Å². The van der Waals surface area contributed by atoms with E-state index in [9.17, 15) is 39.0 Å². The van der Waals surface area contributed by atoms with Crippen molar-refractivity contribution in [2.24, 2.45) is 0 Å². The fraction of sp³-hybridized carbons (Fsp3) is 0.182. The Balaban J connectivity index is 1.97. The number of Topliss-reactive ketones (excluding diaryl/α,β-unsaturated/α-hetero) is 1. The van der Waals surface area contributed by atoms with Gasteiger partial charge in [-0.05, 0) is 18.2 Å². The van der Waals surface area contributed by atoms with E-state index < -0.39 is 52.8 Å². The predicted molar refractivity (Wildman–Crippen MR) is 122 cm³/mol. The molecule has 2 heterocycles. The summed E-state index contributed by atoms with van der Waals surface area (Å²) in [5, 5.41) is 22.0. The molecule has 174 valence electrons. The Bertz CT molecular complexity index is 1260. The number of fused-ring (bicyclic) bond motifs is 3. The molecule has 3 N–H and O–H groups in total. The van der Waals surface area contributed by atoms with Gasteiger partial charge < -0.3 is 15.5 Å². The molecule has 2 aromatic rings. The van der Waals surface area contributed by atoms with Crippen molar-refractivity contribution in [3.63, 3.8) is 0 Å². The van der Waals surface area contributed by atoms with Crippen LogP contribution in [0.5, 0.6) is 0 Å². The molecular formula is C22H16N2O8S2. The van der Waals surface area contributed by atoms with Gasteiger partial charge in [-0.15, -0.1) is 0 Å². The summed E-state index contributed by atoms with van der Waals surface area (Å²) >= 11 is 0. The van der Waals surface area contributed by atoms with Crippen molar-refractivity contribution >= 4 is 57.0 Å². The number of nitrogens with one attached hydrogen (secondary N) is 1. The minimum absolute atomic E-state index is 0.129. The van der Waals surface area contributed by atoms with Crippen LogP contribution in [0.4, 0.5) is 0 Å². The average Bonchev–Trinajstić information content (AvgIpc) is 2.82. The summed E-state index contributed by atoms with van der Waals surface area (Å²) in [6, 6.07) is 9.56. The van der Waals surface area contributed by atoms with E-state index in [0.717, 1.165) is 21.6 Å². The number of benzene rings is 2. The van der Waals surface area contributed by atoms with Crippen LogP contribution in [0.2, 0.25) is 0 Å². The highest BCUT2D eigenvalue weighted by atomic mass is 33.1. The van der Waals surface area contributed by atoms with Crippen molar-refractivity contribution in [2.75, 3.05) is 11.5 Å². The molecule has 34 heavy (non-hydrogen) atoms. The van der Waals surface area contributed by atoms with E-state index >= 15 is 0 Å². The number of carboxylic acids is 2. The van der Waals surface area contributed by atoms with Crippen LogP contribution in [0.25, 0.3) is 0 Å². The third-order valence-corrected chi connectivity index (χ3v) is 7.94. The maximum atomic E-state index is 13.7. The zero-order valence-electron chi connectivity index (χ0n) is 17.2. The standard InChI is InChI=1S/C22H16N2O8S2/c25-16-11-5-1-3-7-13(11)18(27)24-19(28)14-8-4-2-6-12(14)17(26)23-15(20(29)30)9-33-34-10-22(16,24)21(31)32/h1-8,15H,9-10H2,(H,23,26)(H,29,30)(H,31,32)/t15?,22-/m1/s1. The molecule has 2 aliphatic heterocycles. The summed E-state index contributed by atoms with van der Waals surface area (Å²) in [4.78, 5) is 78.2. The van der Waals surface area contributed by atoms with Gasteiger partial charge in [-0.2, -0.15) is 0 Å². The topological polar surface area (TPSA) is 158 Å². The Kier molecular flexibility index (Phi) is 6.19. The van der Waals surface area contributed by atoms with Gasteiger partial charge in [0, 0.05) is 17.1 Å². The highest BCUT2D eigenvalue weighted by Crippen LogP contribution is 2.39. The average molecular weight is 501 g/mol. The Morgan fingerprint density at radius 1 is 0.853 bits per heavy atom. The molecule has 0 bridgehead atoms. The number of hydrogen-bond donors (Lipinski definition) is 3. The fourth-order valence-electron chi connectivity index (χ4n) is 3.78. The number of carboxylic acid groups (broad SMARTS) is 2. The van der Waals surface area contributed by atoms with Crippen LogP contribution in [0.1, 0.15) is 41.4 Å². The van der Waals surface area contributed by atoms with E-state index in [1.807, 2.05) is 0 Å². The number of carbonyl (C=O) groups is 6. The Morgan fingerprint density at radius 2 is 1.38 bits per heavy atom. The number of carbonyl (C=O) groups excluding carboxylic acids is 4. The second kappa shape index (κ2) is 8.95. The van der Waals surface area contributed by atoms with Crippen LogP contribution < -0.4 is 5.32 Å². The lowest BCUT2D eigenvalue weighted by Crippen LogP contribution is -2.68. The highest BCUT2D eigenvalue weighted by Gasteiger charge is 2.60. The molecule has 2 atom stereocenters. The first-order valence-electron chi connectivity index (χ1n) is 9.83. The van der Waals surface area contributed by atoms with Gasteiger partial charge in [0.25, 0.3) is 17.7 Å². The van der Waals surface area contributed by atoms with Gasteiger partial charge >= 0.3 is 11.9 Å². The van der Waals surface area contributed by atoms with Gasteiger partial charge in [-0.25, -0.2) is 14.5 Å². The van der Waals surface area contributed by atoms with Crippen molar-refractivity contribution in [3.8, 4) is 0 Å². The maximum absolute atomic E-state index is 13.7. The second-order valence-corrected chi connectivity index (χ2v) is 9.95. The minimum atomic E-state index is -2.60. The molecule has 10 nitrogen and oxygen atoms in total. The summed E-state index contributed by atoms with van der Waals surface area (Å²) in [5.41, 5.74) is -3.45. The molecule has 3 amide bonds. The maximum Gasteiger partial charge on any atom is 0.339 e. The van der Waals surface area contributed by atoms with E-state index in [-0.39, 0.29) is 28.0 Å². The number of ketones is 1. The number of nitrogens with zero attached hydrogens (tertiary/aromatic N) is 1. The lowest BCUT2D eigenvalue weighted by atomic mass is 9.81. The SMILES string of the molecule is O=C1NC(C(=O)O)CSSC[C@]2(C(=O)O)C(=O)c3ccccc3C(=O)N2C(=O)c2ccccc21. The van der Waals surface area contributed by atoms with Gasteiger partial charge in [0.05, 0.1) is 16.7 Å². The minimum Gasteiger partial charge on any atom is -0.480 e. The van der Waals surface area contributed by atoms with E-state index in [0.29, 0.717) is 4.90 Å². The number of imide groups is 1. The van der Waals surface area contributed by atoms with Crippen molar-refractivity contribution in [1.82, 2.24) is 10.2 Å². The molecule has 0 fully saturated rings. The van der Waals surface area contributed by atoms with Crippen LogP contribution in [0, 0.1) is 0 Å². The van der Waals surface area contributed by atoms with Crippen LogP contribution in [0.3, 0.4) is 0 Å². The Hall–Kier alpha value is -3.64. The van der Waals surface area contributed by atoms with Crippen molar-refractivity contribution < 1.29 is 39.0 Å². The summed E-state index contributed by atoms with van der Waals surface area (Å²) < 4.78 is 0. The highest BCUT2D eigenvalue weighted by molar-refractivity contribution is 8.76. The van der Waals surface area contributed by atoms with Crippen LogP contribution in [0.15, 0.2) is 48.5 Å². The van der Waals surface area contributed by atoms with Crippen molar-refractivity contribution in [3.05, 3.63) is 70.8 Å². The van der Waals surface area contributed by atoms with E-state index in [1.54, 1.807) is 0 Å². The third-order valence-electron chi connectivity index (χ3n) is 5.51. The van der Waals surface area contributed by atoms with Crippen LogP contribution in [-0.4, -0.2) is 73.6 Å². The normalized spacial score (nSPS) is 22.9. The van der Waals surface area contributed by atoms with E-state index in [1.165, 1.54) is 48.5 Å². The number of aliphatic carboxylic acids is 2. The smallest absolute Gasteiger partial charge is 0.339 e. The third kappa shape index (κ3) is 3.64. The zero-order valence-corrected chi connectivity index (χ0v) is 18.9. The molecule has 4 rings (SSSR count). The molecule has 0 radical (unpaired) electrons. The number of amides is 3. The molecule has 1 unspecified atom stereocenters. The molecule has 0 saturated carbocycles. The van der Waals surface area contributed by atoms with Gasteiger partial charge in [0.2, 0.25) is 11.3 Å². The van der Waals surface area contributed by atoms with Gasteiger partial charge in [0.15, 0.2) is 0 Å². The molecule has 2 aromatic carbocycles. The number of hydrogen-bond acceptors (Lipinski definition) is 8. The van der Waals surface area contributed by atoms with Crippen LogP contribution >= 0.6 is 21.6 Å². The lowest BCUT2D eigenvalue weighted by Gasteiger charge is -2.41. The monoisotopic (exact) mass is 500 g/mol. The van der Waals surface area contributed by atoms with E-state index in [2.05, 4.69) is 5.32 Å². The summed E-state index contributed by atoms with van der Waals surface area (Å²) in [7, 11) is 1.72. The summed E-state index contributed by atoms with van der Waals surface area (Å²) in [6.45, 7) is 0. The lowest BCUT2D eigenvalue weighted by molar-refractivity contribution is -0.144.